The topological polar surface area (TPSA) is 88.1 Å². The van der Waals surface area contributed by atoms with Crippen molar-refractivity contribution in [1.82, 2.24) is 10.2 Å². The lowest BCUT2D eigenvalue weighted by molar-refractivity contribution is -0.139. The van der Waals surface area contributed by atoms with Gasteiger partial charge < -0.3 is 24.8 Å². The molecule has 2 N–H and O–H groups in total. The summed E-state index contributed by atoms with van der Waals surface area (Å²) in [5.41, 5.74) is 0. The lowest BCUT2D eigenvalue weighted by atomic mass is 9.97. The van der Waals surface area contributed by atoms with E-state index in [2.05, 4.69) is 5.32 Å². The first-order valence-corrected chi connectivity index (χ1v) is 6.94. The fourth-order valence-electron chi connectivity index (χ4n) is 1.99. The van der Waals surface area contributed by atoms with Gasteiger partial charge in [-0.1, -0.05) is 0 Å². The van der Waals surface area contributed by atoms with Crippen LogP contribution in [-0.4, -0.2) is 68.6 Å². The summed E-state index contributed by atoms with van der Waals surface area (Å²) in [6.45, 7) is 3.57. The number of carbonyl (C=O) groups excluding carboxylic acids is 1. The molecule has 7 nitrogen and oxygen atoms in total. The van der Waals surface area contributed by atoms with Gasteiger partial charge in [-0.25, -0.2) is 4.79 Å². The van der Waals surface area contributed by atoms with Crippen LogP contribution in [-0.2, 0) is 14.3 Å². The molecule has 1 aliphatic rings. The number of unbranched alkanes of at least 4 members (excludes halogenated alkanes) is 1. The van der Waals surface area contributed by atoms with E-state index in [-0.39, 0.29) is 18.4 Å². The molecular weight excluding hydrogens is 264 g/mol. The van der Waals surface area contributed by atoms with Crippen LogP contribution in [0.15, 0.2) is 0 Å². The molecule has 0 radical (unpaired) electrons. The normalized spacial score (nSPS) is 14.9. The first-order valence-electron chi connectivity index (χ1n) is 6.94. The van der Waals surface area contributed by atoms with Gasteiger partial charge in [0, 0.05) is 39.3 Å². The monoisotopic (exact) mass is 288 g/mol. The zero-order chi connectivity index (χ0) is 14.8. The van der Waals surface area contributed by atoms with E-state index in [1.54, 1.807) is 12.0 Å². The lowest BCUT2D eigenvalue weighted by Gasteiger charge is -2.38. The number of amides is 2. The summed E-state index contributed by atoms with van der Waals surface area (Å²) in [4.78, 5) is 23.8. The second kappa shape index (κ2) is 9.55. The molecule has 0 aromatic heterocycles. The van der Waals surface area contributed by atoms with Crippen molar-refractivity contribution in [3.63, 3.8) is 0 Å². The van der Waals surface area contributed by atoms with Crippen LogP contribution in [0.5, 0.6) is 0 Å². The first-order chi connectivity index (χ1) is 9.63. The van der Waals surface area contributed by atoms with E-state index in [4.69, 9.17) is 14.6 Å². The number of likely N-dealkylation sites (tertiary alicyclic amines) is 1. The number of nitrogens with one attached hydrogen (secondary N) is 1. The summed E-state index contributed by atoms with van der Waals surface area (Å²) >= 11 is 0. The van der Waals surface area contributed by atoms with E-state index in [1.807, 2.05) is 0 Å². The lowest BCUT2D eigenvalue weighted by Crippen LogP contribution is -2.54. The van der Waals surface area contributed by atoms with Gasteiger partial charge in [-0.3, -0.25) is 4.79 Å². The summed E-state index contributed by atoms with van der Waals surface area (Å²) in [6.07, 6.45) is 1.90. The number of carboxylic acid groups (broad SMARTS) is 1. The van der Waals surface area contributed by atoms with Crippen molar-refractivity contribution in [3.8, 4) is 0 Å². The maximum absolute atomic E-state index is 11.7. The maximum atomic E-state index is 11.7. The van der Waals surface area contributed by atoms with Crippen molar-refractivity contribution in [1.29, 1.82) is 0 Å². The van der Waals surface area contributed by atoms with Crippen LogP contribution in [0.25, 0.3) is 0 Å². The Morgan fingerprint density at radius 3 is 2.65 bits per heavy atom. The summed E-state index contributed by atoms with van der Waals surface area (Å²) in [7, 11) is 1.63. The largest absolute Gasteiger partial charge is 0.481 e. The van der Waals surface area contributed by atoms with Crippen LogP contribution in [0.2, 0.25) is 0 Å². The zero-order valence-corrected chi connectivity index (χ0v) is 12.0. The fourth-order valence-corrected chi connectivity index (χ4v) is 1.99. The molecule has 0 unspecified atom stereocenters. The minimum Gasteiger partial charge on any atom is -0.481 e. The number of carboxylic acids is 1. The number of rotatable bonds is 10. The van der Waals surface area contributed by atoms with Crippen LogP contribution in [0.3, 0.4) is 0 Å². The Labute approximate surface area is 119 Å². The molecule has 1 rings (SSSR count). The van der Waals surface area contributed by atoms with Gasteiger partial charge in [0.2, 0.25) is 0 Å². The van der Waals surface area contributed by atoms with Gasteiger partial charge in [-0.05, 0) is 12.8 Å². The van der Waals surface area contributed by atoms with Gasteiger partial charge in [0.1, 0.15) is 0 Å². The molecule has 1 heterocycles. The molecule has 2 amide bonds. The molecule has 116 valence electrons. The van der Waals surface area contributed by atoms with E-state index >= 15 is 0 Å². The molecule has 1 fully saturated rings. The van der Waals surface area contributed by atoms with Gasteiger partial charge in [0.25, 0.3) is 0 Å². The van der Waals surface area contributed by atoms with Crippen molar-refractivity contribution in [2.45, 2.75) is 19.3 Å². The Kier molecular flexibility index (Phi) is 7.98. The van der Waals surface area contributed by atoms with E-state index in [0.717, 1.165) is 12.8 Å². The van der Waals surface area contributed by atoms with Crippen LogP contribution in [0.4, 0.5) is 4.79 Å². The highest BCUT2D eigenvalue weighted by atomic mass is 16.5. The number of aliphatic carboxylic acids is 1. The molecule has 0 aliphatic carbocycles. The minimum absolute atomic E-state index is 0.104. The molecule has 0 aromatic rings. The molecule has 0 spiro atoms. The molecule has 0 bridgehead atoms. The summed E-state index contributed by atoms with van der Waals surface area (Å²) in [6, 6.07) is -0.105. The quantitative estimate of drug-likeness (QED) is 0.573. The summed E-state index contributed by atoms with van der Waals surface area (Å²) in [5.74, 6) is -0.698. The van der Waals surface area contributed by atoms with Gasteiger partial charge >= 0.3 is 12.0 Å². The first kappa shape index (κ1) is 16.7. The smallest absolute Gasteiger partial charge is 0.317 e. The second-order valence-electron chi connectivity index (χ2n) is 4.91. The molecule has 1 saturated heterocycles. The van der Waals surface area contributed by atoms with Gasteiger partial charge in [-0.15, -0.1) is 0 Å². The average molecular weight is 288 g/mol. The third-order valence-electron chi connectivity index (χ3n) is 3.13. The third kappa shape index (κ3) is 6.72. The Balaban J connectivity index is 1.90. The number of hydrogen-bond donors (Lipinski definition) is 2. The van der Waals surface area contributed by atoms with Crippen molar-refractivity contribution in [2.75, 3.05) is 46.6 Å². The Bertz CT molecular complexity index is 305. The summed E-state index contributed by atoms with van der Waals surface area (Å²) in [5, 5.41) is 11.4. The van der Waals surface area contributed by atoms with E-state index < -0.39 is 5.97 Å². The number of carbonyl (C=O) groups is 2. The highest BCUT2D eigenvalue weighted by molar-refractivity contribution is 5.75. The van der Waals surface area contributed by atoms with Crippen LogP contribution >= 0.6 is 0 Å². The number of hydrogen-bond acceptors (Lipinski definition) is 4. The number of methoxy groups -OCH3 is 1. The molecule has 0 aromatic carbocycles. The highest BCUT2D eigenvalue weighted by Gasteiger charge is 2.31. The Morgan fingerprint density at radius 1 is 1.25 bits per heavy atom. The highest BCUT2D eigenvalue weighted by Crippen LogP contribution is 2.18. The predicted octanol–water partition coefficient (Wildman–Crippen LogP) is 0.546. The minimum atomic E-state index is -0.802. The molecular formula is C13H24N2O5. The Hall–Kier alpha value is -1.34. The summed E-state index contributed by atoms with van der Waals surface area (Å²) < 4.78 is 10.2. The Morgan fingerprint density at radius 2 is 2.00 bits per heavy atom. The molecule has 7 heteroatoms. The van der Waals surface area contributed by atoms with Crippen LogP contribution in [0, 0.1) is 5.92 Å². The van der Waals surface area contributed by atoms with Crippen molar-refractivity contribution in [3.05, 3.63) is 0 Å². The van der Waals surface area contributed by atoms with Gasteiger partial charge in [-0.2, -0.15) is 0 Å². The predicted molar refractivity (Wildman–Crippen MR) is 72.6 cm³/mol. The average Bonchev–Trinajstić information content (AvgIpc) is 2.36. The SMILES string of the molecule is COCCOCCCCNC(=O)N1CC(CC(=O)O)C1. The molecule has 20 heavy (non-hydrogen) atoms. The molecule has 1 aliphatic heterocycles. The molecule has 0 atom stereocenters. The van der Waals surface area contributed by atoms with Crippen LogP contribution in [0.1, 0.15) is 19.3 Å². The second-order valence-corrected chi connectivity index (χ2v) is 4.91. The van der Waals surface area contributed by atoms with E-state index in [1.165, 1.54) is 0 Å². The zero-order valence-electron chi connectivity index (χ0n) is 12.0. The van der Waals surface area contributed by atoms with Crippen molar-refractivity contribution < 1.29 is 24.2 Å². The van der Waals surface area contributed by atoms with Gasteiger partial charge in [0.15, 0.2) is 0 Å². The number of nitrogens with zero attached hydrogens (tertiary/aromatic N) is 1. The fraction of sp³-hybridized carbons (Fsp3) is 0.846. The maximum Gasteiger partial charge on any atom is 0.317 e. The number of urea groups is 1. The van der Waals surface area contributed by atoms with E-state index in [0.29, 0.717) is 39.5 Å². The standard InChI is InChI=1S/C13H24N2O5/c1-19-6-7-20-5-3-2-4-14-13(18)15-9-11(10-15)8-12(16)17/h11H,2-10H2,1H3,(H,14,18)(H,16,17). The number of ether oxygens (including phenoxy) is 2. The molecule has 0 saturated carbocycles. The van der Waals surface area contributed by atoms with Crippen molar-refractivity contribution >= 4 is 12.0 Å². The van der Waals surface area contributed by atoms with Crippen LogP contribution < -0.4 is 5.32 Å². The van der Waals surface area contributed by atoms with Gasteiger partial charge in [0.05, 0.1) is 19.6 Å². The third-order valence-corrected chi connectivity index (χ3v) is 3.13. The van der Waals surface area contributed by atoms with E-state index in [9.17, 15) is 9.59 Å². The van der Waals surface area contributed by atoms with Crippen molar-refractivity contribution in [2.24, 2.45) is 5.92 Å².